The SMILES string of the molecule is Cn1nnnc1SCC(=O)NCCCn1ncccc1=O. The summed E-state index contributed by atoms with van der Waals surface area (Å²) in [6, 6.07) is 3.05. The molecule has 2 heterocycles. The molecule has 0 aromatic carbocycles. The molecule has 0 aliphatic heterocycles. The van der Waals surface area contributed by atoms with Gasteiger partial charge in [0.15, 0.2) is 0 Å². The first-order chi connectivity index (χ1) is 10.2. The van der Waals surface area contributed by atoms with E-state index in [0.29, 0.717) is 24.7 Å². The molecule has 0 atom stereocenters. The highest BCUT2D eigenvalue weighted by Crippen LogP contribution is 2.11. The van der Waals surface area contributed by atoms with Crippen LogP contribution < -0.4 is 10.9 Å². The van der Waals surface area contributed by atoms with Gasteiger partial charge in [-0.25, -0.2) is 9.36 Å². The zero-order chi connectivity index (χ0) is 15.1. The molecule has 10 heteroatoms. The van der Waals surface area contributed by atoms with Crippen LogP contribution in [-0.2, 0) is 18.4 Å². The van der Waals surface area contributed by atoms with Crippen LogP contribution >= 0.6 is 11.8 Å². The summed E-state index contributed by atoms with van der Waals surface area (Å²) in [5.74, 6) is 0.147. The van der Waals surface area contributed by atoms with E-state index < -0.39 is 0 Å². The van der Waals surface area contributed by atoms with Crippen molar-refractivity contribution in [3.05, 3.63) is 28.7 Å². The van der Waals surface area contributed by atoms with Crippen molar-refractivity contribution in [1.29, 1.82) is 0 Å². The van der Waals surface area contributed by atoms with Crippen LogP contribution in [0.1, 0.15) is 6.42 Å². The molecule has 0 saturated carbocycles. The molecule has 0 aliphatic carbocycles. The second-order valence-corrected chi connectivity index (χ2v) is 5.10. The monoisotopic (exact) mass is 309 g/mol. The van der Waals surface area contributed by atoms with E-state index in [9.17, 15) is 9.59 Å². The molecule has 0 radical (unpaired) electrons. The molecule has 1 N–H and O–H groups in total. The first kappa shape index (κ1) is 15.2. The number of aryl methyl sites for hydroxylation is 2. The minimum absolute atomic E-state index is 0.101. The zero-order valence-corrected chi connectivity index (χ0v) is 12.3. The van der Waals surface area contributed by atoms with Gasteiger partial charge in [0.2, 0.25) is 11.1 Å². The number of carbonyl (C=O) groups excluding carboxylic acids is 1. The topological polar surface area (TPSA) is 108 Å². The number of hydrogen-bond acceptors (Lipinski definition) is 7. The molecular weight excluding hydrogens is 294 g/mol. The Morgan fingerprint density at radius 1 is 1.48 bits per heavy atom. The predicted octanol–water partition coefficient (Wildman–Crippen LogP) is -0.935. The smallest absolute Gasteiger partial charge is 0.266 e. The zero-order valence-electron chi connectivity index (χ0n) is 11.5. The van der Waals surface area contributed by atoms with Gasteiger partial charge in [0, 0.05) is 32.4 Å². The lowest BCUT2D eigenvalue weighted by Gasteiger charge is -2.05. The van der Waals surface area contributed by atoms with E-state index in [2.05, 4.69) is 25.9 Å². The summed E-state index contributed by atoms with van der Waals surface area (Å²) >= 11 is 1.27. The van der Waals surface area contributed by atoms with Gasteiger partial charge in [-0.3, -0.25) is 9.59 Å². The molecule has 2 rings (SSSR count). The van der Waals surface area contributed by atoms with E-state index in [1.807, 2.05) is 0 Å². The number of nitrogens with one attached hydrogen (secondary N) is 1. The Kier molecular flexibility index (Phi) is 5.43. The molecular formula is C11H15N7O2S. The van der Waals surface area contributed by atoms with Gasteiger partial charge in [-0.1, -0.05) is 11.8 Å². The number of nitrogens with zero attached hydrogens (tertiary/aromatic N) is 6. The molecule has 0 saturated heterocycles. The third-order valence-corrected chi connectivity index (χ3v) is 3.58. The standard InChI is InChI=1S/C11H15N7O2S/c1-17-11(14-15-16-17)21-8-9(19)12-5-3-7-18-10(20)4-2-6-13-18/h2,4,6H,3,5,7-8H2,1H3,(H,12,19). The van der Waals surface area contributed by atoms with Crippen LogP contribution in [0.15, 0.2) is 28.3 Å². The second-order valence-electron chi connectivity index (χ2n) is 4.16. The van der Waals surface area contributed by atoms with Gasteiger partial charge in [-0.05, 0) is 22.9 Å². The van der Waals surface area contributed by atoms with E-state index in [-0.39, 0.29) is 17.2 Å². The lowest BCUT2D eigenvalue weighted by atomic mass is 10.4. The summed E-state index contributed by atoms with van der Waals surface area (Å²) in [5.41, 5.74) is -0.144. The highest BCUT2D eigenvalue weighted by Gasteiger charge is 2.07. The van der Waals surface area contributed by atoms with Crippen molar-refractivity contribution < 1.29 is 4.79 Å². The molecule has 2 aromatic rings. The fourth-order valence-corrected chi connectivity index (χ4v) is 2.22. The van der Waals surface area contributed by atoms with Crippen LogP contribution in [0.5, 0.6) is 0 Å². The van der Waals surface area contributed by atoms with Crippen molar-refractivity contribution in [3.63, 3.8) is 0 Å². The fourth-order valence-electron chi connectivity index (χ4n) is 1.54. The summed E-state index contributed by atoms with van der Waals surface area (Å²) < 4.78 is 2.87. The van der Waals surface area contributed by atoms with Gasteiger partial charge in [-0.2, -0.15) is 5.10 Å². The Morgan fingerprint density at radius 3 is 3.05 bits per heavy atom. The Hall–Kier alpha value is -2.23. The number of thioether (sulfide) groups is 1. The predicted molar refractivity (Wildman–Crippen MR) is 75.6 cm³/mol. The Bertz CT molecular complexity index is 654. The summed E-state index contributed by atoms with van der Waals surface area (Å²) in [7, 11) is 1.71. The Labute approximate surface area is 124 Å². The number of amides is 1. The van der Waals surface area contributed by atoms with Crippen molar-refractivity contribution in [2.75, 3.05) is 12.3 Å². The lowest BCUT2D eigenvalue weighted by molar-refractivity contribution is -0.118. The van der Waals surface area contributed by atoms with Crippen LogP contribution in [-0.4, -0.2) is 48.2 Å². The minimum Gasteiger partial charge on any atom is -0.355 e. The molecule has 2 aromatic heterocycles. The van der Waals surface area contributed by atoms with Crippen molar-refractivity contribution in [2.24, 2.45) is 7.05 Å². The summed E-state index contributed by atoms with van der Waals surface area (Å²) in [6.07, 6.45) is 2.20. The van der Waals surface area contributed by atoms with Gasteiger partial charge < -0.3 is 5.32 Å². The lowest BCUT2D eigenvalue weighted by Crippen LogP contribution is -2.28. The average Bonchev–Trinajstić information content (AvgIpc) is 2.88. The Balaban J connectivity index is 1.65. The molecule has 112 valence electrons. The second kappa shape index (κ2) is 7.53. The van der Waals surface area contributed by atoms with Crippen LogP contribution in [0, 0.1) is 0 Å². The molecule has 21 heavy (non-hydrogen) atoms. The third-order valence-electron chi connectivity index (χ3n) is 2.57. The van der Waals surface area contributed by atoms with Gasteiger partial charge >= 0.3 is 0 Å². The van der Waals surface area contributed by atoms with Crippen molar-refractivity contribution in [2.45, 2.75) is 18.1 Å². The number of rotatable bonds is 7. The molecule has 0 aliphatic rings. The first-order valence-electron chi connectivity index (χ1n) is 6.31. The molecule has 0 spiro atoms. The highest BCUT2D eigenvalue weighted by molar-refractivity contribution is 7.99. The number of carbonyl (C=O) groups is 1. The van der Waals surface area contributed by atoms with Crippen molar-refractivity contribution in [3.8, 4) is 0 Å². The van der Waals surface area contributed by atoms with Crippen LogP contribution in [0.25, 0.3) is 0 Å². The summed E-state index contributed by atoms with van der Waals surface area (Å²) in [6.45, 7) is 0.958. The van der Waals surface area contributed by atoms with Gasteiger partial charge in [0.05, 0.1) is 5.75 Å². The summed E-state index contributed by atoms with van der Waals surface area (Å²) in [5, 5.41) is 18.2. The van der Waals surface area contributed by atoms with E-state index in [1.54, 1.807) is 19.3 Å². The molecule has 0 fully saturated rings. The Morgan fingerprint density at radius 2 is 2.33 bits per heavy atom. The third kappa shape index (κ3) is 4.67. The number of tetrazole rings is 1. The molecule has 0 bridgehead atoms. The maximum absolute atomic E-state index is 11.6. The molecule has 1 amide bonds. The quantitative estimate of drug-likeness (QED) is 0.520. The van der Waals surface area contributed by atoms with Gasteiger partial charge in [-0.15, -0.1) is 5.10 Å². The van der Waals surface area contributed by atoms with Crippen LogP contribution in [0.4, 0.5) is 0 Å². The van der Waals surface area contributed by atoms with Crippen LogP contribution in [0.3, 0.4) is 0 Å². The number of aromatic nitrogens is 6. The molecule has 9 nitrogen and oxygen atoms in total. The van der Waals surface area contributed by atoms with E-state index >= 15 is 0 Å². The highest BCUT2D eigenvalue weighted by atomic mass is 32.2. The maximum Gasteiger partial charge on any atom is 0.266 e. The van der Waals surface area contributed by atoms with E-state index in [0.717, 1.165) is 0 Å². The average molecular weight is 309 g/mol. The first-order valence-corrected chi connectivity index (χ1v) is 7.29. The van der Waals surface area contributed by atoms with E-state index in [1.165, 1.54) is 27.2 Å². The van der Waals surface area contributed by atoms with E-state index in [4.69, 9.17) is 0 Å². The number of hydrogen-bond donors (Lipinski definition) is 1. The largest absolute Gasteiger partial charge is 0.355 e. The fraction of sp³-hybridized carbons (Fsp3) is 0.455. The van der Waals surface area contributed by atoms with Crippen molar-refractivity contribution >= 4 is 17.7 Å². The van der Waals surface area contributed by atoms with Crippen molar-refractivity contribution in [1.82, 2.24) is 35.3 Å². The van der Waals surface area contributed by atoms with Gasteiger partial charge in [0.1, 0.15) is 0 Å². The van der Waals surface area contributed by atoms with Gasteiger partial charge in [0.25, 0.3) is 5.56 Å². The normalized spacial score (nSPS) is 10.5. The minimum atomic E-state index is -0.144. The summed E-state index contributed by atoms with van der Waals surface area (Å²) in [4.78, 5) is 23.0. The molecule has 0 unspecified atom stereocenters. The van der Waals surface area contributed by atoms with Crippen LogP contribution in [0.2, 0.25) is 0 Å². The maximum atomic E-state index is 11.6.